The highest BCUT2D eigenvalue weighted by Gasteiger charge is 2.24. The maximum Gasteiger partial charge on any atom is 0.131 e. The van der Waals surface area contributed by atoms with Gasteiger partial charge in [0, 0.05) is 5.56 Å². The van der Waals surface area contributed by atoms with Crippen molar-refractivity contribution in [3.8, 4) is 28.0 Å². The van der Waals surface area contributed by atoms with Gasteiger partial charge in [-0.25, -0.2) is 4.39 Å². The highest BCUT2D eigenvalue weighted by Crippen LogP contribution is 2.40. The van der Waals surface area contributed by atoms with Crippen molar-refractivity contribution in [3.63, 3.8) is 0 Å². The SMILES string of the molecule is CCc1cc(-c2cc(CC)c(OCCC(CC)(CC)CC)c(CC)c2)ccc1-c1ccc(C2CCC(C)CC2)cc1F. The molecule has 0 atom stereocenters. The lowest BCUT2D eigenvalue weighted by Gasteiger charge is -2.30. The first-order valence-corrected chi connectivity index (χ1v) is 17.0. The molecule has 228 valence electrons. The highest BCUT2D eigenvalue weighted by atomic mass is 19.1. The maximum atomic E-state index is 15.6. The number of ether oxygens (including phenoxy) is 1. The van der Waals surface area contributed by atoms with Crippen molar-refractivity contribution >= 4 is 0 Å². The van der Waals surface area contributed by atoms with Crippen molar-refractivity contribution in [2.45, 2.75) is 125 Å². The summed E-state index contributed by atoms with van der Waals surface area (Å²) in [5, 5.41) is 0. The molecule has 0 radical (unpaired) electrons. The van der Waals surface area contributed by atoms with Crippen LogP contribution < -0.4 is 4.74 Å². The summed E-state index contributed by atoms with van der Waals surface area (Å²) in [6.45, 7) is 16.7. The van der Waals surface area contributed by atoms with Crippen LogP contribution in [0.25, 0.3) is 22.3 Å². The molecule has 0 aromatic heterocycles. The van der Waals surface area contributed by atoms with Gasteiger partial charge in [0.15, 0.2) is 0 Å². The van der Waals surface area contributed by atoms with Gasteiger partial charge in [-0.1, -0.05) is 111 Å². The quantitative estimate of drug-likeness (QED) is 0.199. The minimum Gasteiger partial charge on any atom is -0.493 e. The molecule has 0 aliphatic heterocycles. The minimum atomic E-state index is -0.0881. The molecule has 0 N–H and O–H groups in total. The molecular weight excluding hydrogens is 515 g/mol. The Labute approximate surface area is 256 Å². The highest BCUT2D eigenvalue weighted by molar-refractivity contribution is 5.75. The molecule has 1 saturated carbocycles. The fourth-order valence-electron chi connectivity index (χ4n) is 7.21. The molecule has 1 aliphatic rings. The Balaban J connectivity index is 1.60. The summed E-state index contributed by atoms with van der Waals surface area (Å²) in [5.41, 5.74) is 9.46. The molecule has 2 heteroatoms. The lowest BCUT2D eigenvalue weighted by atomic mass is 9.77. The number of halogens is 1. The summed E-state index contributed by atoms with van der Waals surface area (Å²) in [5.74, 6) is 2.30. The number of aryl methyl sites for hydroxylation is 3. The number of hydrogen-bond acceptors (Lipinski definition) is 1. The van der Waals surface area contributed by atoms with E-state index in [-0.39, 0.29) is 5.82 Å². The van der Waals surface area contributed by atoms with Crippen molar-refractivity contribution in [2.75, 3.05) is 6.61 Å². The van der Waals surface area contributed by atoms with Crippen molar-refractivity contribution < 1.29 is 9.13 Å². The van der Waals surface area contributed by atoms with Gasteiger partial charge >= 0.3 is 0 Å². The molecule has 0 bridgehead atoms. The Hall–Kier alpha value is -2.61. The van der Waals surface area contributed by atoms with Gasteiger partial charge in [0.25, 0.3) is 0 Å². The topological polar surface area (TPSA) is 9.23 Å². The molecule has 42 heavy (non-hydrogen) atoms. The van der Waals surface area contributed by atoms with Gasteiger partial charge in [-0.3, -0.25) is 0 Å². The molecule has 0 heterocycles. The average molecular weight is 571 g/mol. The van der Waals surface area contributed by atoms with Crippen molar-refractivity contribution in [3.05, 3.63) is 76.6 Å². The van der Waals surface area contributed by atoms with Crippen LogP contribution in [-0.4, -0.2) is 6.61 Å². The van der Waals surface area contributed by atoms with E-state index in [1.54, 1.807) is 0 Å². The summed E-state index contributed by atoms with van der Waals surface area (Å²) in [4.78, 5) is 0. The fraction of sp³-hybridized carbons (Fsp3) is 0.550. The predicted octanol–water partition coefficient (Wildman–Crippen LogP) is 12.1. The average Bonchev–Trinajstić information content (AvgIpc) is 3.03. The number of benzene rings is 3. The Bertz CT molecular complexity index is 1280. The lowest BCUT2D eigenvalue weighted by molar-refractivity contribution is 0.172. The molecule has 3 aromatic rings. The Morgan fingerprint density at radius 2 is 1.26 bits per heavy atom. The third-order valence-corrected chi connectivity index (χ3v) is 10.7. The second kappa shape index (κ2) is 14.7. The summed E-state index contributed by atoms with van der Waals surface area (Å²) in [7, 11) is 0. The summed E-state index contributed by atoms with van der Waals surface area (Å²) < 4.78 is 22.1. The third kappa shape index (κ3) is 7.12. The summed E-state index contributed by atoms with van der Waals surface area (Å²) in [6, 6.07) is 17.2. The molecule has 0 spiro atoms. The van der Waals surface area contributed by atoms with Crippen LogP contribution in [0.5, 0.6) is 5.75 Å². The lowest BCUT2D eigenvalue weighted by Crippen LogP contribution is -2.21. The van der Waals surface area contributed by atoms with Gasteiger partial charge in [-0.05, 0) is 113 Å². The first kappa shape index (κ1) is 32.3. The number of hydrogen-bond donors (Lipinski definition) is 0. The first-order valence-electron chi connectivity index (χ1n) is 17.0. The Morgan fingerprint density at radius 1 is 0.690 bits per heavy atom. The van der Waals surface area contributed by atoms with Gasteiger partial charge in [0.2, 0.25) is 0 Å². The van der Waals surface area contributed by atoms with E-state index in [0.29, 0.717) is 11.3 Å². The standard InChI is InChI=1S/C40H55FO/c1-8-29-24-33(18-20-36(29)37-21-19-34(27-38(37)41)32-16-14-28(7)15-17-32)35-25-30(9-2)39(31(10-3)26-35)42-23-22-40(11-4,12-5)13-6/h18-21,24-28,32H,8-17,22-23H2,1-7H3. The van der Waals surface area contributed by atoms with Crippen LogP contribution in [0.2, 0.25) is 0 Å². The van der Waals surface area contributed by atoms with E-state index in [1.165, 1.54) is 78.3 Å². The van der Waals surface area contributed by atoms with Gasteiger partial charge in [-0.2, -0.15) is 0 Å². The zero-order valence-corrected chi connectivity index (χ0v) is 27.5. The van der Waals surface area contributed by atoms with Crippen LogP contribution >= 0.6 is 0 Å². The van der Waals surface area contributed by atoms with Crippen LogP contribution in [0.1, 0.15) is 128 Å². The predicted molar refractivity (Wildman–Crippen MR) is 179 cm³/mol. The maximum absolute atomic E-state index is 15.6. The molecule has 1 fully saturated rings. The van der Waals surface area contributed by atoms with Crippen LogP contribution in [-0.2, 0) is 19.3 Å². The zero-order valence-electron chi connectivity index (χ0n) is 27.5. The van der Waals surface area contributed by atoms with Gasteiger partial charge in [-0.15, -0.1) is 0 Å². The third-order valence-electron chi connectivity index (χ3n) is 10.7. The molecule has 1 aliphatic carbocycles. The van der Waals surface area contributed by atoms with Gasteiger partial charge in [0.1, 0.15) is 11.6 Å². The van der Waals surface area contributed by atoms with Crippen molar-refractivity contribution in [1.29, 1.82) is 0 Å². The second-order valence-electron chi connectivity index (χ2n) is 12.9. The minimum absolute atomic E-state index is 0.0881. The molecule has 1 nitrogen and oxygen atoms in total. The smallest absolute Gasteiger partial charge is 0.131 e. The van der Waals surface area contributed by atoms with E-state index in [1.807, 2.05) is 12.1 Å². The van der Waals surface area contributed by atoms with E-state index >= 15 is 4.39 Å². The van der Waals surface area contributed by atoms with E-state index in [2.05, 4.69) is 84.9 Å². The molecule has 0 saturated heterocycles. The van der Waals surface area contributed by atoms with Gasteiger partial charge in [0.05, 0.1) is 6.61 Å². The van der Waals surface area contributed by atoms with Crippen LogP contribution in [0, 0.1) is 17.2 Å². The summed E-state index contributed by atoms with van der Waals surface area (Å²) in [6.07, 6.45) is 12.3. The fourth-order valence-corrected chi connectivity index (χ4v) is 7.21. The van der Waals surface area contributed by atoms with Crippen molar-refractivity contribution in [2.24, 2.45) is 11.3 Å². The van der Waals surface area contributed by atoms with Gasteiger partial charge < -0.3 is 4.74 Å². The van der Waals surface area contributed by atoms with Crippen LogP contribution in [0.3, 0.4) is 0 Å². The van der Waals surface area contributed by atoms with E-state index in [0.717, 1.165) is 55.1 Å². The zero-order chi connectivity index (χ0) is 30.3. The van der Waals surface area contributed by atoms with Crippen LogP contribution in [0.4, 0.5) is 4.39 Å². The Morgan fingerprint density at radius 3 is 1.81 bits per heavy atom. The van der Waals surface area contributed by atoms with Crippen molar-refractivity contribution in [1.82, 2.24) is 0 Å². The second-order valence-corrected chi connectivity index (χ2v) is 12.9. The molecule has 4 rings (SSSR count). The molecule has 0 amide bonds. The van der Waals surface area contributed by atoms with E-state index in [9.17, 15) is 0 Å². The Kier molecular flexibility index (Phi) is 11.3. The molecule has 0 unspecified atom stereocenters. The first-order chi connectivity index (χ1) is 20.3. The van der Waals surface area contributed by atoms with Crippen LogP contribution in [0.15, 0.2) is 48.5 Å². The normalized spacial score (nSPS) is 17.4. The van der Waals surface area contributed by atoms with E-state index in [4.69, 9.17) is 4.74 Å². The molecule has 3 aromatic carbocycles. The monoisotopic (exact) mass is 570 g/mol. The molecular formula is C40H55FO. The van der Waals surface area contributed by atoms with E-state index < -0.39 is 0 Å². The largest absolute Gasteiger partial charge is 0.493 e. The number of rotatable bonds is 13. The summed E-state index contributed by atoms with van der Waals surface area (Å²) >= 11 is 0.